The first-order valence-electron chi connectivity index (χ1n) is 15.0. The van der Waals surface area contributed by atoms with Crippen molar-refractivity contribution < 1.29 is 14.5 Å². The van der Waals surface area contributed by atoms with Crippen molar-refractivity contribution in [3.63, 3.8) is 0 Å². The van der Waals surface area contributed by atoms with Crippen LogP contribution in [0.2, 0.25) is 0 Å². The van der Waals surface area contributed by atoms with E-state index in [4.69, 9.17) is 9.90 Å². The number of aryl methyl sites for hydroxylation is 1. The fraction of sp³-hybridized carbons (Fsp3) is 0.806. The molecule has 0 radical (unpaired) electrons. The van der Waals surface area contributed by atoms with Crippen molar-refractivity contribution in [1.29, 1.82) is 0 Å². The van der Waals surface area contributed by atoms with E-state index in [1.807, 2.05) is 10.8 Å². The minimum Gasteiger partial charge on any atom is -0.550 e. The summed E-state index contributed by atoms with van der Waals surface area (Å²) in [5.74, 6) is -1.08. The van der Waals surface area contributed by atoms with Gasteiger partial charge >= 0.3 is 0 Å². The molecule has 0 aliphatic rings. The number of hydrogen-bond acceptors (Lipinski definition) is 2. The van der Waals surface area contributed by atoms with Gasteiger partial charge in [0.05, 0.1) is 12.7 Å². The molecule has 204 valence electrons. The zero-order valence-electron chi connectivity index (χ0n) is 23.5. The van der Waals surface area contributed by atoms with Crippen LogP contribution in [0.15, 0.2) is 25.3 Å². The van der Waals surface area contributed by atoms with Crippen LogP contribution < -0.4 is 9.67 Å². The van der Waals surface area contributed by atoms with Gasteiger partial charge in [-0.25, -0.2) is 9.13 Å². The summed E-state index contributed by atoms with van der Waals surface area (Å²) in [5.41, 5.74) is 0. The van der Waals surface area contributed by atoms with Gasteiger partial charge in [0.25, 0.3) is 0 Å². The number of carbonyl (C=O) groups is 1. The van der Waals surface area contributed by atoms with E-state index in [2.05, 4.69) is 36.8 Å². The molecule has 0 aliphatic heterocycles. The average Bonchev–Trinajstić information content (AvgIpc) is 3.30. The smallest absolute Gasteiger partial charge is 0.248 e. The molecule has 0 spiro atoms. The lowest BCUT2D eigenvalue weighted by molar-refractivity contribution is -0.696. The second-order valence-corrected chi connectivity index (χ2v) is 10.2. The third kappa shape index (κ3) is 26.9. The van der Waals surface area contributed by atoms with E-state index in [0.29, 0.717) is 0 Å². The normalized spacial score (nSPS) is 10.7. The van der Waals surface area contributed by atoms with E-state index in [9.17, 15) is 0 Å². The minimum atomic E-state index is -1.08. The van der Waals surface area contributed by atoms with Crippen LogP contribution in [0, 0.1) is 0 Å². The highest BCUT2D eigenvalue weighted by Gasteiger charge is 2.00. The molecule has 35 heavy (non-hydrogen) atoms. The largest absolute Gasteiger partial charge is 0.550 e. The summed E-state index contributed by atoms with van der Waals surface area (Å²) >= 11 is 0. The lowest BCUT2D eigenvalue weighted by atomic mass is 10.0. The highest BCUT2D eigenvalue weighted by Crippen LogP contribution is 2.15. The van der Waals surface area contributed by atoms with Crippen LogP contribution in [0.3, 0.4) is 0 Å². The van der Waals surface area contributed by atoms with Gasteiger partial charge in [0.1, 0.15) is 12.4 Å². The Labute approximate surface area is 218 Å². The van der Waals surface area contributed by atoms with Crippen molar-refractivity contribution in [1.82, 2.24) is 4.57 Å². The summed E-state index contributed by atoms with van der Waals surface area (Å²) in [4.78, 5) is 8.89. The molecule has 1 heterocycles. The number of aliphatic carboxylic acids is 1. The quantitative estimate of drug-likeness (QED) is 0.108. The second-order valence-electron chi connectivity index (χ2n) is 10.2. The molecule has 0 aliphatic carbocycles. The summed E-state index contributed by atoms with van der Waals surface area (Å²) in [5, 5.41) is 8.89. The van der Waals surface area contributed by atoms with E-state index in [1.165, 1.54) is 141 Å². The fourth-order valence-electron chi connectivity index (χ4n) is 4.55. The maximum Gasteiger partial charge on any atom is 0.248 e. The Morgan fingerprint density at radius 2 is 1.03 bits per heavy atom. The molecule has 1 aromatic rings. The molecule has 0 unspecified atom stereocenters. The minimum absolute atomic E-state index is 0.972. The number of carboxylic acid groups (broad SMARTS) is 1. The molecule has 0 bridgehead atoms. The summed E-state index contributed by atoms with van der Waals surface area (Å²) < 4.78 is 4.27. The molecule has 0 aromatic carbocycles. The average molecular weight is 491 g/mol. The Balaban J connectivity index is 0.00000267. The van der Waals surface area contributed by atoms with Gasteiger partial charge < -0.3 is 9.90 Å². The van der Waals surface area contributed by atoms with Crippen molar-refractivity contribution >= 4 is 12.2 Å². The van der Waals surface area contributed by atoms with Gasteiger partial charge in [-0.05, 0) is 19.8 Å². The van der Waals surface area contributed by atoms with Gasteiger partial charge in [0, 0.05) is 5.97 Å². The van der Waals surface area contributed by atoms with Crippen LogP contribution in [0.4, 0.5) is 0 Å². The van der Waals surface area contributed by atoms with E-state index in [0.717, 1.165) is 13.5 Å². The van der Waals surface area contributed by atoms with Gasteiger partial charge in [-0.3, -0.25) is 0 Å². The Kier molecular flexibility index (Phi) is 25.8. The summed E-state index contributed by atoms with van der Waals surface area (Å²) in [6.45, 7) is 8.20. The zero-order valence-corrected chi connectivity index (χ0v) is 23.5. The van der Waals surface area contributed by atoms with E-state index < -0.39 is 5.97 Å². The second kappa shape index (κ2) is 27.0. The molecule has 0 saturated heterocycles. The third-order valence-corrected chi connectivity index (χ3v) is 6.69. The number of hydrogen-bond donors (Lipinski definition) is 0. The Morgan fingerprint density at radius 1 is 0.714 bits per heavy atom. The number of imidazole rings is 1. The number of unbranched alkanes of at least 4 members (excludes halogenated alkanes) is 21. The lowest BCUT2D eigenvalue weighted by Gasteiger charge is -2.04. The number of rotatable bonds is 24. The van der Waals surface area contributed by atoms with Crippen LogP contribution in [0.25, 0.3) is 6.20 Å². The molecule has 1 aromatic heterocycles. The maximum atomic E-state index is 8.89. The maximum absolute atomic E-state index is 8.89. The molecule has 0 N–H and O–H groups in total. The first-order chi connectivity index (χ1) is 17.1. The number of carbonyl (C=O) groups excluding carboxylic acids is 1. The van der Waals surface area contributed by atoms with Gasteiger partial charge in [0.15, 0.2) is 0 Å². The van der Waals surface area contributed by atoms with Crippen molar-refractivity contribution in [2.75, 3.05) is 0 Å². The monoisotopic (exact) mass is 490 g/mol. The molecule has 1 rings (SSSR count). The summed E-state index contributed by atoms with van der Waals surface area (Å²) in [7, 11) is 0. The topological polar surface area (TPSA) is 48.9 Å². The molecule has 0 atom stereocenters. The van der Waals surface area contributed by atoms with Crippen molar-refractivity contribution in [3.8, 4) is 0 Å². The van der Waals surface area contributed by atoms with Gasteiger partial charge in [-0.15, -0.1) is 0 Å². The SMILES string of the molecule is C=Cn1cc[n+](CCCCCCCCCCCCCCCCCCCCCCCC)c1.CC(=O)[O-]. The first kappa shape index (κ1) is 33.4. The van der Waals surface area contributed by atoms with Gasteiger partial charge in [-0.1, -0.05) is 142 Å². The lowest BCUT2D eigenvalue weighted by Crippen LogP contribution is -2.30. The molecule has 4 heteroatoms. The Morgan fingerprint density at radius 3 is 1.31 bits per heavy atom. The highest BCUT2D eigenvalue weighted by atomic mass is 16.4. The molecule has 0 amide bonds. The van der Waals surface area contributed by atoms with Crippen molar-refractivity contribution in [3.05, 3.63) is 25.3 Å². The molecule has 4 nitrogen and oxygen atoms in total. The number of aromatic nitrogens is 2. The van der Waals surface area contributed by atoms with Gasteiger partial charge in [0.2, 0.25) is 6.33 Å². The van der Waals surface area contributed by atoms with Crippen LogP contribution in [0.1, 0.15) is 155 Å². The van der Waals surface area contributed by atoms with Crippen LogP contribution in [-0.4, -0.2) is 10.5 Å². The highest BCUT2D eigenvalue weighted by molar-refractivity contribution is 5.60. The number of carboxylic acids is 1. The molecular weight excluding hydrogens is 432 g/mol. The standard InChI is InChI=1S/C29H55N2.C2H4O2/c1-3-5-6-7-8-9-10-11-12-13-14-15-16-17-18-19-20-21-22-23-24-25-26-31-28-27-30(4-2)29-31;1-2(3)4/h4,27-29H,2-3,5-26H2,1H3;1H3,(H,3,4)/q+1;/p-1. The van der Waals surface area contributed by atoms with Crippen molar-refractivity contribution in [2.24, 2.45) is 0 Å². The third-order valence-electron chi connectivity index (χ3n) is 6.69. The van der Waals surface area contributed by atoms with E-state index in [1.54, 1.807) is 0 Å². The molecule has 0 saturated carbocycles. The van der Waals surface area contributed by atoms with E-state index >= 15 is 0 Å². The first-order valence-corrected chi connectivity index (χ1v) is 15.0. The van der Waals surface area contributed by atoms with Crippen LogP contribution >= 0.6 is 0 Å². The zero-order chi connectivity index (χ0) is 25.8. The molecule has 0 fully saturated rings. The number of nitrogens with zero attached hydrogens (tertiary/aromatic N) is 2. The van der Waals surface area contributed by atoms with Crippen molar-refractivity contribution in [2.45, 2.75) is 162 Å². The van der Waals surface area contributed by atoms with Crippen LogP contribution in [-0.2, 0) is 11.3 Å². The van der Waals surface area contributed by atoms with Crippen LogP contribution in [0.5, 0.6) is 0 Å². The predicted octanol–water partition coefficient (Wildman–Crippen LogP) is 8.23. The predicted molar refractivity (Wildman–Crippen MR) is 149 cm³/mol. The Bertz CT molecular complexity index is 578. The van der Waals surface area contributed by atoms with E-state index in [-0.39, 0.29) is 0 Å². The summed E-state index contributed by atoms with van der Waals surface area (Å²) in [6, 6.07) is 0. The Hall–Kier alpha value is -1.58. The molecular formula is C31H58N2O2. The fourth-order valence-corrected chi connectivity index (χ4v) is 4.55. The van der Waals surface area contributed by atoms with Gasteiger partial charge in [-0.2, -0.15) is 0 Å². The summed E-state index contributed by atoms with van der Waals surface area (Å²) in [6.07, 6.45) is 40.0.